The van der Waals surface area contributed by atoms with Gasteiger partial charge in [0.2, 0.25) is 11.0 Å². The Labute approximate surface area is 201 Å². The van der Waals surface area contributed by atoms with E-state index in [0.717, 1.165) is 28.3 Å². The number of carbonyl (C=O) groups excluding carboxylic acids is 1. The summed E-state index contributed by atoms with van der Waals surface area (Å²) in [6.45, 7) is 1.86. The number of hydrogen-bond donors (Lipinski definition) is 1. The number of rotatable bonds is 8. The lowest BCUT2D eigenvalue weighted by molar-refractivity contribution is -0.111. The summed E-state index contributed by atoms with van der Waals surface area (Å²) in [5.74, 6) is 2.25. The van der Waals surface area contributed by atoms with Crippen molar-refractivity contribution in [1.82, 2.24) is 14.8 Å². The van der Waals surface area contributed by atoms with Crippen molar-refractivity contribution in [2.24, 2.45) is 0 Å². The topological polar surface area (TPSA) is 87.5 Å². The van der Waals surface area contributed by atoms with Crippen LogP contribution in [0.15, 0.2) is 60.0 Å². The van der Waals surface area contributed by atoms with Crippen LogP contribution in [0.1, 0.15) is 11.3 Å². The summed E-state index contributed by atoms with van der Waals surface area (Å²) in [4.78, 5) is 17.3. The minimum Gasteiger partial charge on any atom is -0.497 e. The molecular weight excluding hydrogens is 452 g/mol. The van der Waals surface area contributed by atoms with Crippen molar-refractivity contribution in [3.05, 3.63) is 71.2 Å². The van der Waals surface area contributed by atoms with E-state index in [1.165, 1.54) is 17.4 Å². The zero-order chi connectivity index (χ0) is 24.1. The molecule has 8 nitrogen and oxygen atoms in total. The molecule has 0 bridgehead atoms. The van der Waals surface area contributed by atoms with Crippen LogP contribution in [-0.2, 0) is 4.79 Å². The van der Waals surface area contributed by atoms with Crippen LogP contribution < -0.4 is 19.5 Å². The fourth-order valence-electron chi connectivity index (χ4n) is 3.29. The Kier molecular flexibility index (Phi) is 6.93. The maximum atomic E-state index is 12.6. The average Bonchev–Trinajstić information content (AvgIpc) is 3.49. The molecule has 0 aliphatic heterocycles. The molecule has 0 atom stereocenters. The molecule has 0 radical (unpaired) electrons. The van der Waals surface area contributed by atoms with Crippen molar-refractivity contribution in [3.63, 3.8) is 0 Å². The molecule has 0 aliphatic carbocycles. The fourth-order valence-corrected chi connectivity index (χ4v) is 4.08. The minimum absolute atomic E-state index is 0.289. The number of benzene rings is 2. The standard InChI is InChI=1S/C25H24N4O4S/c1-16-13-23(27-24(30)12-6-17-5-11-21(32-3)22(14-17)33-4)29(28-16)25-26-20(15-34-25)18-7-9-19(31-2)10-8-18/h5-15H,1-4H3,(H,27,30)/b12-6+. The molecule has 0 saturated heterocycles. The molecular formula is C25H24N4O4S. The van der Waals surface area contributed by atoms with Gasteiger partial charge in [0.15, 0.2) is 11.5 Å². The monoisotopic (exact) mass is 476 g/mol. The highest BCUT2D eigenvalue weighted by molar-refractivity contribution is 7.12. The molecule has 1 N–H and O–H groups in total. The smallest absolute Gasteiger partial charge is 0.249 e. The normalized spacial score (nSPS) is 10.9. The van der Waals surface area contributed by atoms with E-state index >= 15 is 0 Å². The fraction of sp³-hybridized carbons (Fsp3) is 0.160. The first-order valence-corrected chi connectivity index (χ1v) is 11.3. The van der Waals surface area contributed by atoms with Crippen molar-refractivity contribution in [3.8, 4) is 33.6 Å². The highest BCUT2D eigenvalue weighted by atomic mass is 32.1. The van der Waals surface area contributed by atoms with E-state index in [-0.39, 0.29) is 5.91 Å². The van der Waals surface area contributed by atoms with Gasteiger partial charge in [0, 0.05) is 23.1 Å². The first kappa shape index (κ1) is 23.1. The van der Waals surface area contributed by atoms with Gasteiger partial charge in [-0.05, 0) is 55.0 Å². The first-order chi connectivity index (χ1) is 16.5. The van der Waals surface area contributed by atoms with Crippen molar-refractivity contribution in [1.29, 1.82) is 0 Å². The Morgan fingerprint density at radius 3 is 2.47 bits per heavy atom. The Morgan fingerprint density at radius 1 is 1.00 bits per heavy atom. The SMILES string of the molecule is COc1ccc(-c2csc(-n3nc(C)cc3NC(=O)/C=C/c3ccc(OC)c(OC)c3)n2)cc1. The van der Waals surface area contributed by atoms with Crippen molar-refractivity contribution in [2.75, 3.05) is 26.6 Å². The molecule has 0 unspecified atom stereocenters. The summed E-state index contributed by atoms with van der Waals surface area (Å²) >= 11 is 1.44. The van der Waals surface area contributed by atoms with Gasteiger partial charge in [-0.3, -0.25) is 4.79 Å². The van der Waals surface area contributed by atoms with E-state index in [1.807, 2.05) is 42.6 Å². The van der Waals surface area contributed by atoms with Crippen molar-refractivity contribution in [2.45, 2.75) is 6.92 Å². The van der Waals surface area contributed by atoms with Gasteiger partial charge < -0.3 is 19.5 Å². The van der Waals surface area contributed by atoms with Crippen LogP contribution in [0.3, 0.4) is 0 Å². The molecule has 2 heterocycles. The first-order valence-electron chi connectivity index (χ1n) is 10.4. The molecule has 0 aliphatic rings. The maximum absolute atomic E-state index is 12.6. The number of methoxy groups -OCH3 is 3. The van der Waals surface area contributed by atoms with Crippen LogP contribution in [0.5, 0.6) is 17.2 Å². The van der Waals surface area contributed by atoms with Crippen LogP contribution in [0, 0.1) is 6.92 Å². The number of aromatic nitrogens is 3. The van der Waals surface area contributed by atoms with Gasteiger partial charge in [-0.2, -0.15) is 9.78 Å². The summed E-state index contributed by atoms with van der Waals surface area (Å²) < 4.78 is 17.4. The molecule has 174 valence electrons. The van der Waals surface area contributed by atoms with Gasteiger partial charge >= 0.3 is 0 Å². The highest BCUT2D eigenvalue weighted by Crippen LogP contribution is 2.29. The molecule has 0 spiro atoms. The van der Waals surface area contributed by atoms with Crippen molar-refractivity contribution < 1.29 is 19.0 Å². The predicted molar refractivity (Wildman–Crippen MR) is 133 cm³/mol. The summed E-state index contributed by atoms with van der Waals surface area (Å²) in [5.41, 5.74) is 3.36. The van der Waals surface area contributed by atoms with E-state index in [1.54, 1.807) is 50.3 Å². The quantitative estimate of drug-likeness (QED) is 0.361. The third-order valence-corrected chi connectivity index (χ3v) is 5.79. The largest absolute Gasteiger partial charge is 0.497 e. The zero-order valence-corrected chi connectivity index (χ0v) is 20.1. The Morgan fingerprint density at radius 2 is 1.76 bits per heavy atom. The van der Waals surface area contributed by atoms with Gasteiger partial charge in [0.25, 0.3) is 0 Å². The Balaban J connectivity index is 1.51. The Bertz CT molecular complexity index is 1330. The van der Waals surface area contributed by atoms with Gasteiger partial charge in [-0.1, -0.05) is 6.07 Å². The maximum Gasteiger partial charge on any atom is 0.249 e. The van der Waals surface area contributed by atoms with Gasteiger partial charge in [-0.25, -0.2) is 4.98 Å². The van der Waals surface area contributed by atoms with E-state index in [0.29, 0.717) is 22.4 Å². The number of aryl methyl sites for hydroxylation is 1. The van der Waals surface area contributed by atoms with Gasteiger partial charge in [0.1, 0.15) is 11.6 Å². The second-order valence-electron chi connectivity index (χ2n) is 7.26. The number of nitrogens with zero attached hydrogens (tertiary/aromatic N) is 3. The summed E-state index contributed by atoms with van der Waals surface area (Å²) in [5, 5.41) is 9.99. The van der Waals surface area contributed by atoms with E-state index < -0.39 is 0 Å². The van der Waals surface area contributed by atoms with Crippen LogP contribution in [-0.4, -0.2) is 42.0 Å². The third kappa shape index (κ3) is 5.10. The lowest BCUT2D eigenvalue weighted by Crippen LogP contribution is -2.12. The average molecular weight is 477 g/mol. The lowest BCUT2D eigenvalue weighted by Gasteiger charge is -2.07. The van der Waals surface area contributed by atoms with Crippen LogP contribution in [0.4, 0.5) is 5.82 Å². The van der Waals surface area contributed by atoms with Gasteiger partial charge in [0.05, 0.1) is 32.7 Å². The van der Waals surface area contributed by atoms with E-state index in [4.69, 9.17) is 19.2 Å². The number of hydrogen-bond acceptors (Lipinski definition) is 7. The number of thiazole rings is 1. The third-order valence-electron chi connectivity index (χ3n) is 4.98. The lowest BCUT2D eigenvalue weighted by atomic mass is 10.2. The number of nitrogens with one attached hydrogen (secondary N) is 1. The molecule has 4 rings (SSSR count). The van der Waals surface area contributed by atoms with Crippen molar-refractivity contribution >= 4 is 29.1 Å². The zero-order valence-electron chi connectivity index (χ0n) is 19.2. The number of amides is 1. The minimum atomic E-state index is -0.289. The highest BCUT2D eigenvalue weighted by Gasteiger charge is 2.14. The predicted octanol–water partition coefficient (Wildman–Crippen LogP) is 4.98. The Hall–Kier alpha value is -4.11. The summed E-state index contributed by atoms with van der Waals surface area (Å²) in [7, 11) is 4.78. The number of ether oxygens (including phenoxy) is 3. The van der Waals surface area contributed by atoms with Crippen LogP contribution in [0.2, 0.25) is 0 Å². The van der Waals surface area contributed by atoms with Crippen LogP contribution >= 0.6 is 11.3 Å². The summed E-state index contributed by atoms with van der Waals surface area (Å²) in [6.07, 6.45) is 3.16. The second kappa shape index (κ2) is 10.2. The van der Waals surface area contributed by atoms with E-state index in [9.17, 15) is 4.79 Å². The molecule has 9 heteroatoms. The van der Waals surface area contributed by atoms with E-state index in [2.05, 4.69) is 10.4 Å². The molecule has 1 amide bonds. The molecule has 2 aromatic carbocycles. The second-order valence-corrected chi connectivity index (χ2v) is 8.10. The van der Waals surface area contributed by atoms with Gasteiger partial charge in [-0.15, -0.1) is 11.3 Å². The number of anilines is 1. The molecule has 0 saturated carbocycles. The van der Waals surface area contributed by atoms with Crippen LogP contribution in [0.25, 0.3) is 22.5 Å². The number of carbonyl (C=O) groups is 1. The molecule has 34 heavy (non-hydrogen) atoms. The molecule has 0 fully saturated rings. The molecule has 4 aromatic rings. The summed E-state index contributed by atoms with van der Waals surface area (Å²) in [6, 6.07) is 14.9. The molecule has 2 aromatic heterocycles.